The SMILES string of the molecule is CC(C)(C)C(NC(=O)C(CC(=O)O)NC(=O)C(Cc1ccc(O)cc1)NC(=O)C(Cc1ccccc1)NC(=O)C(N)CC(=O)O)C(=O)NC(CS)C(N)=O. The molecule has 6 atom stereocenters. The first-order valence-corrected chi connectivity index (χ1v) is 17.3. The number of carbonyl (C=O) groups excluding carboxylic acids is 6. The molecule has 0 heterocycles. The van der Waals surface area contributed by atoms with E-state index >= 15 is 0 Å². The van der Waals surface area contributed by atoms with E-state index < -0.39 is 102 Å². The van der Waals surface area contributed by atoms with Gasteiger partial charge in [-0.1, -0.05) is 63.2 Å². The molecule has 0 fully saturated rings. The smallest absolute Gasteiger partial charge is 0.305 e. The molecule has 0 aliphatic heterocycles. The molecular weight excluding hydrogens is 726 g/mol. The number of benzene rings is 2. The van der Waals surface area contributed by atoms with Crippen LogP contribution >= 0.6 is 12.6 Å². The molecule has 6 amide bonds. The number of thiol groups is 1. The second-order valence-corrected chi connectivity index (χ2v) is 13.9. The Balaban J connectivity index is 2.46. The van der Waals surface area contributed by atoms with Crippen molar-refractivity contribution in [2.75, 3.05) is 5.75 Å². The number of phenolic OH excluding ortho intramolecular Hbond substituents is 1. The predicted octanol–water partition coefficient (Wildman–Crippen LogP) is -1.66. The number of primary amides is 1. The van der Waals surface area contributed by atoms with Crippen LogP contribution in [0.2, 0.25) is 0 Å². The number of phenols is 1. The predicted molar refractivity (Wildman–Crippen MR) is 197 cm³/mol. The number of hydrogen-bond acceptors (Lipinski definition) is 11. The van der Waals surface area contributed by atoms with Crippen LogP contribution in [-0.4, -0.2) is 105 Å². The highest BCUT2D eigenvalue weighted by atomic mass is 32.1. The van der Waals surface area contributed by atoms with Crippen molar-refractivity contribution in [3.8, 4) is 5.75 Å². The van der Waals surface area contributed by atoms with Gasteiger partial charge in [0.05, 0.1) is 18.9 Å². The summed E-state index contributed by atoms with van der Waals surface area (Å²) in [4.78, 5) is 102. The molecule has 12 N–H and O–H groups in total. The summed E-state index contributed by atoms with van der Waals surface area (Å²) < 4.78 is 0. The van der Waals surface area contributed by atoms with Gasteiger partial charge in [-0.15, -0.1) is 0 Å². The number of aromatic hydroxyl groups is 1. The summed E-state index contributed by atoms with van der Waals surface area (Å²) >= 11 is 4.00. The summed E-state index contributed by atoms with van der Waals surface area (Å²) in [6, 6.07) is 5.19. The van der Waals surface area contributed by atoms with Gasteiger partial charge in [-0.05, 0) is 28.7 Å². The maximum atomic E-state index is 13.9. The van der Waals surface area contributed by atoms with Gasteiger partial charge in [0.25, 0.3) is 0 Å². The van der Waals surface area contributed by atoms with Crippen LogP contribution in [0.4, 0.5) is 0 Å². The van der Waals surface area contributed by atoms with E-state index in [1.165, 1.54) is 24.3 Å². The van der Waals surface area contributed by atoms with Crippen LogP contribution in [-0.2, 0) is 51.2 Å². The molecule has 0 saturated heterocycles. The minimum atomic E-state index is -1.79. The summed E-state index contributed by atoms with van der Waals surface area (Å²) in [6.07, 6.45) is -2.06. The summed E-state index contributed by atoms with van der Waals surface area (Å²) in [6.45, 7) is 4.76. The van der Waals surface area contributed by atoms with E-state index in [-0.39, 0.29) is 24.3 Å². The average Bonchev–Trinajstić information content (AvgIpc) is 3.08. The molecule has 0 radical (unpaired) electrons. The van der Waals surface area contributed by atoms with E-state index in [9.17, 15) is 48.6 Å². The molecule has 54 heavy (non-hydrogen) atoms. The quantitative estimate of drug-likeness (QED) is 0.0674. The lowest BCUT2D eigenvalue weighted by Gasteiger charge is -2.32. The van der Waals surface area contributed by atoms with Crippen molar-refractivity contribution in [2.24, 2.45) is 16.9 Å². The minimum Gasteiger partial charge on any atom is -0.508 e. The number of amides is 6. The first kappa shape index (κ1) is 44.5. The summed E-state index contributed by atoms with van der Waals surface area (Å²) in [5.41, 5.74) is 11.0. The highest BCUT2D eigenvalue weighted by Crippen LogP contribution is 2.20. The van der Waals surface area contributed by atoms with Crippen LogP contribution in [0, 0.1) is 5.41 Å². The van der Waals surface area contributed by atoms with E-state index in [0.717, 1.165) is 0 Å². The normalized spacial score (nSPS) is 14.5. The van der Waals surface area contributed by atoms with Crippen molar-refractivity contribution in [3.05, 3.63) is 65.7 Å². The van der Waals surface area contributed by atoms with Crippen molar-refractivity contribution >= 4 is 60.0 Å². The molecule has 0 saturated carbocycles. The third-order valence-electron chi connectivity index (χ3n) is 7.93. The van der Waals surface area contributed by atoms with Crippen LogP contribution in [0.25, 0.3) is 0 Å². The Morgan fingerprint density at radius 3 is 1.54 bits per heavy atom. The van der Waals surface area contributed by atoms with E-state index in [1.54, 1.807) is 51.1 Å². The van der Waals surface area contributed by atoms with Crippen molar-refractivity contribution in [1.82, 2.24) is 26.6 Å². The second-order valence-electron chi connectivity index (χ2n) is 13.5. The summed E-state index contributed by atoms with van der Waals surface area (Å²) in [5.74, 6) is -8.81. The Bertz CT molecular complexity index is 1670. The highest BCUT2D eigenvalue weighted by Gasteiger charge is 2.38. The fraction of sp³-hybridized carbons (Fsp3) is 0.429. The fourth-order valence-corrected chi connectivity index (χ4v) is 5.28. The lowest BCUT2D eigenvalue weighted by atomic mass is 9.85. The number of aliphatic carboxylic acids is 2. The molecule has 2 aromatic rings. The maximum Gasteiger partial charge on any atom is 0.305 e. The van der Waals surface area contributed by atoms with Crippen molar-refractivity contribution in [3.63, 3.8) is 0 Å². The standard InChI is InChI=1S/C35H47N7O11S/c1-35(2,3)28(34(53)41-25(17-54)29(37)48)42-33(52)24(16-27(46)47)40-32(51)23(14-19-9-11-20(43)12-10-19)39-31(50)22(13-18-7-5-4-6-8-18)38-30(49)21(36)15-26(44)45/h4-12,21-25,28,43,54H,13-17,36H2,1-3H3,(H2,37,48)(H,38,49)(H,39,50)(H,40,51)(H,41,53)(H,42,52)(H,44,45)(H,46,47). The van der Waals surface area contributed by atoms with E-state index in [0.29, 0.717) is 11.1 Å². The number of carboxylic acids is 2. The number of carbonyl (C=O) groups is 8. The molecule has 0 aliphatic rings. The van der Waals surface area contributed by atoms with E-state index in [1.807, 2.05) is 0 Å². The van der Waals surface area contributed by atoms with Gasteiger partial charge in [-0.2, -0.15) is 12.6 Å². The molecule has 0 spiro atoms. The lowest BCUT2D eigenvalue weighted by molar-refractivity contribution is -0.142. The fourth-order valence-electron chi connectivity index (χ4n) is 5.00. The molecule has 19 heteroatoms. The Morgan fingerprint density at radius 1 is 0.630 bits per heavy atom. The Labute approximate surface area is 316 Å². The molecule has 6 unspecified atom stereocenters. The third kappa shape index (κ3) is 14.7. The summed E-state index contributed by atoms with van der Waals surface area (Å²) in [7, 11) is 0. The molecule has 2 aromatic carbocycles. The van der Waals surface area contributed by atoms with Gasteiger partial charge in [0.1, 0.15) is 36.0 Å². The Kier molecular flexibility index (Phi) is 16.9. The molecule has 0 aromatic heterocycles. The minimum absolute atomic E-state index is 0.0979. The Hall–Kier alpha value is -5.69. The number of carboxylic acid groups (broad SMARTS) is 2. The van der Waals surface area contributed by atoms with Gasteiger partial charge in [-0.25, -0.2) is 0 Å². The first-order valence-electron chi connectivity index (χ1n) is 16.6. The maximum absolute atomic E-state index is 13.9. The van der Waals surface area contributed by atoms with Crippen LogP contribution < -0.4 is 38.1 Å². The van der Waals surface area contributed by atoms with Crippen LogP contribution in [0.1, 0.15) is 44.7 Å². The van der Waals surface area contributed by atoms with Crippen molar-refractivity contribution < 1.29 is 53.7 Å². The van der Waals surface area contributed by atoms with Crippen LogP contribution in [0.5, 0.6) is 5.75 Å². The monoisotopic (exact) mass is 773 g/mol. The van der Waals surface area contributed by atoms with E-state index in [2.05, 4.69) is 39.2 Å². The molecular formula is C35H47N7O11S. The zero-order valence-corrected chi connectivity index (χ0v) is 30.8. The van der Waals surface area contributed by atoms with Gasteiger partial charge < -0.3 is 53.4 Å². The van der Waals surface area contributed by atoms with E-state index in [4.69, 9.17) is 16.6 Å². The van der Waals surface area contributed by atoms with Gasteiger partial charge in [-0.3, -0.25) is 38.4 Å². The highest BCUT2D eigenvalue weighted by molar-refractivity contribution is 7.80. The molecule has 2 rings (SSSR count). The molecule has 0 bridgehead atoms. The lowest BCUT2D eigenvalue weighted by Crippen LogP contribution is -2.62. The summed E-state index contributed by atoms with van der Waals surface area (Å²) in [5, 5.41) is 40.6. The van der Waals surface area contributed by atoms with Crippen molar-refractivity contribution in [2.45, 2.75) is 82.7 Å². The van der Waals surface area contributed by atoms with Gasteiger partial charge in [0, 0.05) is 18.6 Å². The van der Waals surface area contributed by atoms with Gasteiger partial charge in [0.2, 0.25) is 35.4 Å². The van der Waals surface area contributed by atoms with Crippen LogP contribution in [0.15, 0.2) is 54.6 Å². The van der Waals surface area contributed by atoms with Gasteiger partial charge >= 0.3 is 11.9 Å². The van der Waals surface area contributed by atoms with Gasteiger partial charge in [0.15, 0.2) is 0 Å². The second kappa shape index (κ2) is 20.5. The number of rotatable bonds is 20. The number of nitrogens with one attached hydrogen (secondary N) is 5. The topological polar surface area (TPSA) is 309 Å². The van der Waals surface area contributed by atoms with Crippen molar-refractivity contribution in [1.29, 1.82) is 0 Å². The molecule has 18 nitrogen and oxygen atoms in total. The average molecular weight is 774 g/mol. The Morgan fingerprint density at radius 2 is 1.07 bits per heavy atom. The number of nitrogens with two attached hydrogens (primary N) is 2. The van der Waals surface area contributed by atoms with Crippen LogP contribution in [0.3, 0.4) is 0 Å². The first-order chi connectivity index (χ1) is 25.2. The number of hydrogen-bond donors (Lipinski definition) is 11. The largest absolute Gasteiger partial charge is 0.508 e. The molecule has 294 valence electrons. The zero-order chi connectivity index (χ0) is 40.7. The third-order valence-corrected chi connectivity index (χ3v) is 8.29. The zero-order valence-electron chi connectivity index (χ0n) is 29.9. The molecule has 0 aliphatic carbocycles.